The first-order chi connectivity index (χ1) is 10.5. The number of carbonyl (C=O) groups is 2. The van der Waals surface area contributed by atoms with Gasteiger partial charge in [0.05, 0.1) is 17.5 Å². The quantitative estimate of drug-likeness (QED) is 0.885. The van der Waals surface area contributed by atoms with Crippen molar-refractivity contribution in [2.45, 2.75) is 12.5 Å². The molecule has 1 aliphatic rings. The molecule has 1 heterocycles. The molecule has 0 bridgehead atoms. The number of nitrogens with zero attached hydrogens (tertiary/aromatic N) is 1. The molecule has 1 N–H and O–H groups in total. The van der Waals surface area contributed by atoms with Crippen LogP contribution in [0.4, 0.5) is 4.39 Å². The largest absolute Gasteiger partial charge is 0.482 e. The van der Waals surface area contributed by atoms with Gasteiger partial charge in [-0.1, -0.05) is 11.6 Å². The lowest BCUT2D eigenvalue weighted by atomic mass is 10.2. The van der Waals surface area contributed by atoms with E-state index in [0.29, 0.717) is 12.3 Å². The fourth-order valence-electron chi connectivity index (χ4n) is 2.17. The maximum Gasteiger partial charge on any atom is 0.305 e. The molecule has 120 valence electrons. The number of aliphatic carboxylic acids is 1. The summed E-state index contributed by atoms with van der Waals surface area (Å²) in [6.45, 7) is 0.230. The molecule has 1 atom stereocenters. The zero-order valence-electron chi connectivity index (χ0n) is 11.6. The van der Waals surface area contributed by atoms with E-state index in [1.165, 1.54) is 17.0 Å². The first kappa shape index (κ1) is 16.9. The van der Waals surface area contributed by atoms with Crippen molar-refractivity contribution in [1.82, 2.24) is 4.90 Å². The molecule has 1 fully saturated rings. The highest BCUT2D eigenvalue weighted by atomic mass is 35.5. The van der Waals surface area contributed by atoms with Gasteiger partial charge in [0.25, 0.3) is 5.91 Å². The standard InChI is InChI=1S/C14H15ClFNO4S/c15-11-5-9(16)1-2-12(11)21-7-13(18)17-3-4-22-8-10(17)6-14(19)20/h1-2,5,10H,3-4,6-8H2,(H,19,20). The van der Waals surface area contributed by atoms with Gasteiger partial charge < -0.3 is 14.7 Å². The predicted molar refractivity (Wildman–Crippen MR) is 82.0 cm³/mol. The van der Waals surface area contributed by atoms with Crippen LogP contribution in [0.15, 0.2) is 18.2 Å². The molecule has 22 heavy (non-hydrogen) atoms. The van der Waals surface area contributed by atoms with E-state index >= 15 is 0 Å². The van der Waals surface area contributed by atoms with Crippen molar-refractivity contribution in [1.29, 1.82) is 0 Å². The summed E-state index contributed by atoms with van der Waals surface area (Å²) in [6.07, 6.45) is -0.0873. The number of ether oxygens (including phenoxy) is 1. The van der Waals surface area contributed by atoms with Crippen LogP contribution in [0.1, 0.15) is 6.42 Å². The Balaban J connectivity index is 1.96. The van der Waals surface area contributed by atoms with Gasteiger partial charge in [-0.15, -0.1) is 0 Å². The number of thioether (sulfide) groups is 1. The van der Waals surface area contributed by atoms with Crippen molar-refractivity contribution in [3.05, 3.63) is 29.0 Å². The number of benzene rings is 1. The van der Waals surface area contributed by atoms with Crippen LogP contribution in [0.25, 0.3) is 0 Å². The number of halogens is 2. The highest BCUT2D eigenvalue weighted by molar-refractivity contribution is 7.99. The van der Waals surface area contributed by atoms with Gasteiger partial charge in [0.15, 0.2) is 6.61 Å². The minimum absolute atomic E-state index is 0.0871. The first-order valence-corrected chi connectivity index (χ1v) is 8.17. The lowest BCUT2D eigenvalue weighted by Gasteiger charge is -2.34. The van der Waals surface area contributed by atoms with E-state index in [9.17, 15) is 14.0 Å². The molecule has 1 aromatic carbocycles. The monoisotopic (exact) mass is 347 g/mol. The second-order valence-corrected chi connectivity index (χ2v) is 6.33. The Morgan fingerprint density at radius 1 is 1.50 bits per heavy atom. The van der Waals surface area contributed by atoms with E-state index in [1.807, 2.05) is 0 Å². The summed E-state index contributed by atoms with van der Waals surface area (Å²) in [6, 6.07) is 3.31. The Morgan fingerprint density at radius 3 is 2.95 bits per heavy atom. The molecule has 0 aliphatic carbocycles. The molecular formula is C14H15ClFNO4S. The van der Waals surface area contributed by atoms with Gasteiger partial charge in [-0.2, -0.15) is 11.8 Å². The summed E-state index contributed by atoms with van der Waals surface area (Å²) in [5, 5.41) is 8.99. The Morgan fingerprint density at radius 2 is 2.27 bits per heavy atom. The average molecular weight is 348 g/mol. The Labute approximate surface area is 136 Å². The molecular weight excluding hydrogens is 333 g/mol. The van der Waals surface area contributed by atoms with Gasteiger partial charge in [-0.3, -0.25) is 9.59 Å². The van der Waals surface area contributed by atoms with Crippen LogP contribution in [0.2, 0.25) is 5.02 Å². The molecule has 0 saturated carbocycles. The molecule has 0 radical (unpaired) electrons. The Kier molecular flexibility index (Phi) is 5.90. The second-order valence-electron chi connectivity index (χ2n) is 4.78. The Bertz CT molecular complexity index is 572. The second kappa shape index (κ2) is 7.69. The number of carbonyl (C=O) groups excluding carboxylic acids is 1. The molecule has 0 aromatic heterocycles. The van der Waals surface area contributed by atoms with Gasteiger partial charge >= 0.3 is 5.97 Å². The summed E-state index contributed by atoms with van der Waals surface area (Å²) >= 11 is 7.45. The van der Waals surface area contributed by atoms with Crippen LogP contribution in [-0.2, 0) is 9.59 Å². The minimum atomic E-state index is -0.937. The van der Waals surface area contributed by atoms with Crippen molar-refractivity contribution >= 4 is 35.2 Å². The minimum Gasteiger partial charge on any atom is -0.482 e. The molecule has 1 amide bonds. The fraction of sp³-hybridized carbons (Fsp3) is 0.429. The average Bonchev–Trinajstić information content (AvgIpc) is 2.46. The van der Waals surface area contributed by atoms with Gasteiger partial charge in [0.2, 0.25) is 0 Å². The van der Waals surface area contributed by atoms with E-state index in [1.54, 1.807) is 11.8 Å². The normalized spacial score (nSPS) is 18.1. The zero-order valence-corrected chi connectivity index (χ0v) is 13.2. The first-order valence-electron chi connectivity index (χ1n) is 6.64. The number of hydrogen-bond acceptors (Lipinski definition) is 4. The number of rotatable bonds is 5. The van der Waals surface area contributed by atoms with Crippen LogP contribution in [0, 0.1) is 5.82 Å². The molecule has 8 heteroatoms. The Hall–Kier alpha value is -1.47. The molecule has 1 aromatic rings. The van der Waals surface area contributed by atoms with Crippen LogP contribution >= 0.6 is 23.4 Å². The number of hydrogen-bond donors (Lipinski definition) is 1. The molecule has 1 saturated heterocycles. The third-order valence-electron chi connectivity index (χ3n) is 3.20. The molecule has 2 rings (SSSR count). The van der Waals surface area contributed by atoms with E-state index in [2.05, 4.69) is 0 Å². The van der Waals surface area contributed by atoms with Crippen molar-refractivity contribution in [3.8, 4) is 5.75 Å². The van der Waals surface area contributed by atoms with Gasteiger partial charge in [0, 0.05) is 18.1 Å². The van der Waals surface area contributed by atoms with Crippen molar-refractivity contribution in [3.63, 3.8) is 0 Å². The van der Waals surface area contributed by atoms with E-state index in [0.717, 1.165) is 11.8 Å². The van der Waals surface area contributed by atoms with Crippen molar-refractivity contribution in [2.24, 2.45) is 0 Å². The number of carboxylic acids is 1. The van der Waals surface area contributed by atoms with Crippen LogP contribution in [-0.4, -0.2) is 52.6 Å². The lowest BCUT2D eigenvalue weighted by molar-refractivity contribution is -0.141. The predicted octanol–water partition coefficient (Wildman–Crippen LogP) is 2.28. The van der Waals surface area contributed by atoms with E-state index in [-0.39, 0.29) is 35.7 Å². The summed E-state index contributed by atoms with van der Waals surface area (Å²) in [7, 11) is 0. The third kappa shape index (κ3) is 4.51. The fourth-order valence-corrected chi connectivity index (χ4v) is 3.45. The summed E-state index contributed by atoms with van der Waals surface area (Å²) in [5.74, 6) is -0.148. The van der Waals surface area contributed by atoms with E-state index in [4.69, 9.17) is 21.4 Å². The summed E-state index contributed by atoms with van der Waals surface area (Å²) in [5.41, 5.74) is 0. The SMILES string of the molecule is O=C(O)CC1CSCCN1C(=O)COc1ccc(F)cc1Cl. The highest BCUT2D eigenvalue weighted by Crippen LogP contribution is 2.25. The van der Waals surface area contributed by atoms with Crippen molar-refractivity contribution in [2.75, 3.05) is 24.7 Å². The summed E-state index contributed by atoms with van der Waals surface area (Å²) in [4.78, 5) is 24.6. The van der Waals surface area contributed by atoms with Gasteiger partial charge in [0.1, 0.15) is 11.6 Å². The van der Waals surface area contributed by atoms with Crippen LogP contribution in [0.3, 0.4) is 0 Å². The lowest BCUT2D eigenvalue weighted by Crippen LogP contribution is -2.48. The molecule has 1 aliphatic heterocycles. The van der Waals surface area contributed by atoms with Crippen LogP contribution < -0.4 is 4.74 Å². The van der Waals surface area contributed by atoms with Crippen LogP contribution in [0.5, 0.6) is 5.75 Å². The third-order valence-corrected chi connectivity index (χ3v) is 4.59. The smallest absolute Gasteiger partial charge is 0.305 e. The number of amides is 1. The van der Waals surface area contributed by atoms with Gasteiger partial charge in [-0.25, -0.2) is 4.39 Å². The van der Waals surface area contributed by atoms with Crippen molar-refractivity contribution < 1.29 is 23.8 Å². The molecule has 0 spiro atoms. The van der Waals surface area contributed by atoms with Gasteiger partial charge in [-0.05, 0) is 18.2 Å². The zero-order chi connectivity index (χ0) is 16.1. The topological polar surface area (TPSA) is 66.8 Å². The maximum atomic E-state index is 12.9. The highest BCUT2D eigenvalue weighted by Gasteiger charge is 2.29. The number of carboxylic acid groups (broad SMARTS) is 1. The maximum absolute atomic E-state index is 12.9. The van der Waals surface area contributed by atoms with E-state index < -0.39 is 11.8 Å². The molecule has 5 nitrogen and oxygen atoms in total. The summed E-state index contributed by atoms with van der Waals surface area (Å²) < 4.78 is 18.3. The molecule has 1 unspecified atom stereocenters.